The Morgan fingerprint density at radius 2 is 1.83 bits per heavy atom. The average Bonchev–Trinajstić information content (AvgIpc) is 3.05. The van der Waals surface area contributed by atoms with Gasteiger partial charge in [0, 0.05) is 5.56 Å². The SMILES string of the molecule is COc1ccc(-c2nc(C#N)c(N[C@@H](C)c3ccccc3)o2)cc1. The van der Waals surface area contributed by atoms with Gasteiger partial charge in [0.15, 0.2) is 0 Å². The predicted octanol–water partition coefficient (Wildman–Crippen LogP) is 4.39. The Bertz CT molecular complexity index is 849. The van der Waals surface area contributed by atoms with Crippen molar-refractivity contribution in [2.45, 2.75) is 13.0 Å². The zero-order valence-electron chi connectivity index (χ0n) is 13.5. The molecule has 2 aromatic carbocycles. The molecule has 24 heavy (non-hydrogen) atoms. The van der Waals surface area contributed by atoms with Gasteiger partial charge in [-0.25, -0.2) is 0 Å². The molecule has 0 radical (unpaired) electrons. The van der Waals surface area contributed by atoms with Crippen LogP contribution in [-0.4, -0.2) is 12.1 Å². The van der Waals surface area contributed by atoms with Gasteiger partial charge in [0.2, 0.25) is 17.5 Å². The molecule has 5 nitrogen and oxygen atoms in total. The first-order valence-corrected chi connectivity index (χ1v) is 7.58. The summed E-state index contributed by atoms with van der Waals surface area (Å²) in [7, 11) is 1.61. The standard InChI is InChI=1S/C19H17N3O2/c1-13(14-6-4-3-5-7-14)21-19-17(12-20)22-18(24-19)15-8-10-16(23-2)11-9-15/h3-11,13,21H,1-2H3/t13-/m0/s1. The number of ether oxygens (including phenoxy) is 1. The van der Waals surface area contributed by atoms with E-state index in [1.807, 2.05) is 61.5 Å². The highest BCUT2D eigenvalue weighted by Crippen LogP contribution is 2.29. The molecule has 1 N–H and O–H groups in total. The molecule has 0 aliphatic heterocycles. The molecule has 0 saturated carbocycles. The van der Waals surface area contributed by atoms with Crippen molar-refractivity contribution in [3.63, 3.8) is 0 Å². The third kappa shape index (κ3) is 3.23. The number of benzene rings is 2. The Balaban J connectivity index is 1.86. The lowest BCUT2D eigenvalue weighted by atomic mass is 10.1. The van der Waals surface area contributed by atoms with Crippen LogP contribution in [0.25, 0.3) is 11.5 Å². The number of nitrogens with one attached hydrogen (secondary N) is 1. The summed E-state index contributed by atoms with van der Waals surface area (Å²) in [4.78, 5) is 4.27. The molecule has 0 bridgehead atoms. The molecule has 0 amide bonds. The van der Waals surface area contributed by atoms with Gasteiger partial charge in [0.1, 0.15) is 11.8 Å². The van der Waals surface area contributed by atoms with Crippen LogP contribution in [0.15, 0.2) is 59.0 Å². The van der Waals surface area contributed by atoms with Crippen molar-refractivity contribution in [1.29, 1.82) is 5.26 Å². The average molecular weight is 319 g/mol. The van der Waals surface area contributed by atoms with Gasteiger partial charge in [-0.3, -0.25) is 0 Å². The van der Waals surface area contributed by atoms with Crippen LogP contribution in [0.2, 0.25) is 0 Å². The monoisotopic (exact) mass is 319 g/mol. The molecule has 1 atom stereocenters. The fraction of sp³-hybridized carbons (Fsp3) is 0.158. The molecule has 0 aliphatic rings. The van der Waals surface area contributed by atoms with E-state index in [0.29, 0.717) is 11.8 Å². The summed E-state index contributed by atoms with van der Waals surface area (Å²) in [5.74, 6) is 1.53. The van der Waals surface area contributed by atoms with E-state index in [4.69, 9.17) is 9.15 Å². The maximum atomic E-state index is 9.31. The topological polar surface area (TPSA) is 71.1 Å². The van der Waals surface area contributed by atoms with E-state index in [0.717, 1.165) is 16.9 Å². The van der Waals surface area contributed by atoms with Crippen molar-refractivity contribution >= 4 is 5.88 Å². The molecule has 1 heterocycles. The number of hydrogen-bond donors (Lipinski definition) is 1. The normalized spacial score (nSPS) is 11.5. The minimum atomic E-state index is -0.00466. The molecule has 1 aromatic heterocycles. The van der Waals surface area contributed by atoms with Gasteiger partial charge < -0.3 is 14.5 Å². The van der Waals surface area contributed by atoms with E-state index in [9.17, 15) is 5.26 Å². The first-order chi connectivity index (χ1) is 11.7. The first-order valence-electron chi connectivity index (χ1n) is 7.58. The van der Waals surface area contributed by atoms with Gasteiger partial charge in [0.25, 0.3) is 0 Å². The van der Waals surface area contributed by atoms with Crippen molar-refractivity contribution in [2.24, 2.45) is 0 Å². The molecular formula is C19H17N3O2. The van der Waals surface area contributed by atoms with E-state index >= 15 is 0 Å². The van der Waals surface area contributed by atoms with Gasteiger partial charge in [0.05, 0.1) is 13.2 Å². The Morgan fingerprint density at radius 1 is 1.12 bits per heavy atom. The number of aromatic nitrogens is 1. The summed E-state index contributed by atoms with van der Waals surface area (Å²) in [6.07, 6.45) is 0. The summed E-state index contributed by atoms with van der Waals surface area (Å²) in [5.41, 5.74) is 2.13. The van der Waals surface area contributed by atoms with Crippen LogP contribution < -0.4 is 10.1 Å². The highest BCUT2D eigenvalue weighted by atomic mass is 16.5. The first kappa shape index (κ1) is 15.6. The highest BCUT2D eigenvalue weighted by Gasteiger charge is 2.17. The smallest absolute Gasteiger partial charge is 0.233 e. The van der Waals surface area contributed by atoms with Gasteiger partial charge in [-0.05, 0) is 36.8 Å². The van der Waals surface area contributed by atoms with Gasteiger partial charge in [-0.1, -0.05) is 30.3 Å². The van der Waals surface area contributed by atoms with Crippen molar-refractivity contribution in [3.05, 3.63) is 65.9 Å². The summed E-state index contributed by atoms with van der Waals surface area (Å²) in [6.45, 7) is 2.01. The van der Waals surface area contributed by atoms with Crippen LogP contribution in [0.4, 0.5) is 5.88 Å². The van der Waals surface area contributed by atoms with Crippen LogP contribution in [0.3, 0.4) is 0 Å². The second-order valence-corrected chi connectivity index (χ2v) is 5.31. The van der Waals surface area contributed by atoms with Crippen molar-refractivity contribution in [3.8, 4) is 23.3 Å². The molecular weight excluding hydrogens is 302 g/mol. The zero-order valence-corrected chi connectivity index (χ0v) is 13.5. The lowest BCUT2D eigenvalue weighted by Crippen LogP contribution is -2.06. The summed E-state index contributed by atoms with van der Waals surface area (Å²) in [6, 6.07) is 19.4. The second-order valence-electron chi connectivity index (χ2n) is 5.31. The van der Waals surface area contributed by atoms with Gasteiger partial charge >= 0.3 is 0 Å². The summed E-state index contributed by atoms with van der Waals surface area (Å²) < 4.78 is 10.9. The fourth-order valence-corrected chi connectivity index (χ4v) is 2.37. The molecule has 3 rings (SSSR count). The lowest BCUT2D eigenvalue weighted by Gasteiger charge is -2.13. The largest absolute Gasteiger partial charge is 0.497 e. The molecule has 0 spiro atoms. The van der Waals surface area contributed by atoms with Crippen molar-refractivity contribution in [2.75, 3.05) is 12.4 Å². The lowest BCUT2D eigenvalue weighted by molar-refractivity contribution is 0.415. The summed E-state index contributed by atoms with van der Waals surface area (Å²) in [5, 5.41) is 12.5. The highest BCUT2D eigenvalue weighted by molar-refractivity contribution is 5.60. The molecule has 120 valence electrons. The maximum Gasteiger partial charge on any atom is 0.233 e. The van der Waals surface area contributed by atoms with Crippen LogP contribution >= 0.6 is 0 Å². The number of hydrogen-bond acceptors (Lipinski definition) is 5. The number of rotatable bonds is 5. The van der Waals surface area contributed by atoms with Gasteiger partial charge in [-0.2, -0.15) is 10.2 Å². The molecule has 0 aliphatic carbocycles. The number of nitriles is 1. The summed E-state index contributed by atoms with van der Waals surface area (Å²) >= 11 is 0. The Morgan fingerprint density at radius 3 is 2.46 bits per heavy atom. The minimum absolute atomic E-state index is 0.00466. The molecule has 3 aromatic rings. The Kier molecular flexibility index (Phi) is 4.48. The second kappa shape index (κ2) is 6.88. The quantitative estimate of drug-likeness (QED) is 0.755. The number of nitrogens with zero attached hydrogens (tertiary/aromatic N) is 2. The van der Waals surface area contributed by atoms with E-state index in [1.54, 1.807) is 7.11 Å². The number of methoxy groups -OCH3 is 1. The maximum absolute atomic E-state index is 9.31. The molecule has 0 fully saturated rings. The molecule has 5 heteroatoms. The van der Waals surface area contributed by atoms with E-state index < -0.39 is 0 Å². The van der Waals surface area contributed by atoms with Crippen molar-refractivity contribution < 1.29 is 9.15 Å². The van der Waals surface area contributed by atoms with E-state index in [2.05, 4.69) is 16.4 Å². The van der Waals surface area contributed by atoms with Crippen LogP contribution in [-0.2, 0) is 0 Å². The van der Waals surface area contributed by atoms with Gasteiger partial charge in [-0.15, -0.1) is 0 Å². The van der Waals surface area contributed by atoms with Crippen molar-refractivity contribution in [1.82, 2.24) is 4.98 Å². The van der Waals surface area contributed by atoms with Crippen LogP contribution in [0, 0.1) is 11.3 Å². The molecule has 0 saturated heterocycles. The fourth-order valence-electron chi connectivity index (χ4n) is 2.37. The third-order valence-electron chi connectivity index (χ3n) is 3.72. The molecule has 0 unspecified atom stereocenters. The number of anilines is 1. The predicted molar refractivity (Wildman–Crippen MR) is 91.7 cm³/mol. The Hall–Kier alpha value is -3.26. The van der Waals surface area contributed by atoms with E-state index in [-0.39, 0.29) is 11.7 Å². The third-order valence-corrected chi connectivity index (χ3v) is 3.72. The van der Waals surface area contributed by atoms with E-state index in [1.165, 1.54) is 0 Å². The Labute approximate surface area is 140 Å². The number of oxazole rings is 1. The zero-order chi connectivity index (χ0) is 16.9. The minimum Gasteiger partial charge on any atom is -0.497 e. The van der Waals surface area contributed by atoms with Crippen LogP contribution in [0.1, 0.15) is 24.2 Å². The van der Waals surface area contributed by atoms with Crippen LogP contribution in [0.5, 0.6) is 5.75 Å².